The highest BCUT2D eigenvalue weighted by molar-refractivity contribution is 5.67. The molecule has 0 amide bonds. The van der Waals surface area contributed by atoms with E-state index in [0.717, 1.165) is 35.9 Å². The van der Waals surface area contributed by atoms with Gasteiger partial charge in [0.2, 0.25) is 5.95 Å². The standard InChI is InChI=1S/C19H19FN6O/c1-25(19-21-9-13(20)10-22-19)14-11-26(12-14)18-8-7-16(23-24-18)15-5-3-4-6-17(15)27-2/h3-10,14H,11-12H2,1-2H3. The van der Waals surface area contributed by atoms with Crippen LogP contribution in [-0.2, 0) is 0 Å². The fourth-order valence-corrected chi connectivity index (χ4v) is 3.03. The average Bonchev–Trinajstić information content (AvgIpc) is 2.68. The molecule has 2 aromatic heterocycles. The molecule has 7 nitrogen and oxygen atoms in total. The van der Waals surface area contributed by atoms with E-state index in [1.807, 2.05) is 48.3 Å². The quantitative estimate of drug-likeness (QED) is 0.687. The minimum atomic E-state index is -0.437. The van der Waals surface area contributed by atoms with Crippen LogP contribution in [0.5, 0.6) is 5.75 Å². The van der Waals surface area contributed by atoms with Gasteiger partial charge in [0.1, 0.15) is 5.75 Å². The van der Waals surface area contributed by atoms with Crippen molar-refractivity contribution in [2.24, 2.45) is 0 Å². The first kappa shape index (κ1) is 17.1. The molecule has 1 fully saturated rings. The van der Waals surface area contributed by atoms with Crippen LogP contribution in [0.3, 0.4) is 0 Å². The van der Waals surface area contributed by atoms with E-state index in [0.29, 0.717) is 5.95 Å². The highest BCUT2D eigenvalue weighted by atomic mass is 19.1. The van der Waals surface area contributed by atoms with Crippen molar-refractivity contribution in [3.63, 3.8) is 0 Å². The first-order valence-corrected chi connectivity index (χ1v) is 8.58. The number of anilines is 2. The van der Waals surface area contributed by atoms with Crippen LogP contribution in [0, 0.1) is 5.82 Å². The Bertz CT molecular complexity index is 912. The molecule has 0 atom stereocenters. The van der Waals surface area contributed by atoms with Gasteiger partial charge < -0.3 is 14.5 Å². The Hall–Kier alpha value is -3.29. The molecule has 3 heterocycles. The maximum atomic E-state index is 13.0. The zero-order chi connectivity index (χ0) is 18.8. The predicted octanol–water partition coefficient (Wildman–Crippen LogP) is 2.41. The zero-order valence-corrected chi connectivity index (χ0v) is 15.1. The molecule has 1 saturated heterocycles. The van der Waals surface area contributed by atoms with E-state index in [1.54, 1.807) is 7.11 Å². The number of aromatic nitrogens is 4. The summed E-state index contributed by atoms with van der Waals surface area (Å²) in [5.41, 5.74) is 1.68. The zero-order valence-electron chi connectivity index (χ0n) is 15.1. The minimum Gasteiger partial charge on any atom is -0.496 e. The summed E-state index contributed by atoms with van der Waals surface area (Å²) in [7, 11) is 3.55. The van der Waals surface area contributed by atoms with Crippen LogP contribution >= 0.6 is 0 Å². The van der Waals surface area contributed by atoms with Crippen LogP contribution in [0.4, 0.5) is 16.2 Å². The van der Waals surface area contributed by atoms with Crippen molar-refractivity contribution in [2.45, 2.75) is 6.04 Å². The Morgan fingerprint density at radius 1 is 1.07 bits per heavy atom. The molecular weight excluding hydrogens is 347 g/mol. The number of hydrogen-bond donors (Lipinski definition) is 0. The second-order valence-electron chi connectivity index (χ2n) is 6.35. The van der Waals surface area contributed by atoms with Gasteiger partial charge in [-0.15, -0.1) is 10.2 Å². The summed E-state index contributed by atoms with van der Waals surface area (Å²) in [5.74, 6) is 1.66. The van der Waals surface area contributed by atoms with Gasteiger partial charge in [-0.05, 0) is 24.3 Å². The lowest BCUT2D eigenvalue weighted by Gasteiger charge is -2.44. The lowest BCUT2D eigenvalue weighted by atomic mass is 10.1. The molecule has 0 saturated carbocycles. The van der Waals surface area contributed by atoms with Crippen LogP contribution in [-0.4, -0.2) is 53.5 Å². The number of ether oxygens (including phenoxy) is 1. The fourth-order valence-electron chi connectivity index (χ4n) is 3.03. The van der Waals surface area contributed by atoms with E-state index in [1.165, 1.54) is 12.4 Å². The molecule has 0 aliphatic carbocycles. The van der Waals surface area contributed by atoms with Gasteiger partial charge in [-0.25, -0.2) is 14.4 Å². The summed E-state index contributed by atoms with van der Waals surface area (Å²) < 4.78 is 18.3. The summed E-state index contributed by atoms with van der Waals surface area (Å²) >= 11 is 0. The lowest BCUT2D eigenvalue weighted by Crippen LogP contribution is -2.59. The highest BCUT2D eigenvalue weighted by Crippen LogP contribution is 2.29. The van der Waals surface area contributed by atoms with E-state index in [4.69, 9.17) is 4.74 Å². The number of benzene rings is 1. The topological polar surface area (TPSA) is 67.3 Å². The van der Waals surface area contributed by atoms with E-state index in [9.17, 15) is 4.39 Å². The van der Waals surface area contributed by atoms with Crippen LogP contribution in [0.1, 0.15) is 0 Å². The van der Waals surface area contributed by atoms with E-state index in [-0.39, 0.29) is 6.04 Å². The Labute approximate surface area is 156 Å². The van der Waals surface area contributed by atoms with Gasteiger partial charge in [0.25, 0.3) is 0 Å². The van der Waals surface area contributed by atoms with E-state index >= 15 is 0 Å². The van der Waals surface area contributed by atoms with Gasteiger partial charge in [-0.2, -0.15) is 0 Å². The third kappa shape index (κ3) is 3.38. The first-order valence-electron chi connectivity index (χ1n) is 8.58. The number of halogens is 1. The summed E-state index contributed by atoms with van der Waals surface area (Å²) in [6.45, 7) is 1.56. The molecule has 4 rings (SSSR count). The minimum absolute atomic E-state index is 0.242. The van der Waals surface area contributed by atoms with Crippen molar-refractivity contribution in [3.8, 4) is 17.0 Å². The van der Waals surface area contributed by atoms with Crippen LogP contribution in [0.15, 0.2) is 48.8 Å². The molecule has 0 N–H and O–H groups in total. The highest BCUT2D eigenvalue weighted by Gasteiger charge is 2.32. The lowest BCUT2D eigenvalue weighted by molar-refractivity contribution is 0.416. The van der Waals surface area contributed by atoms with Crippen molar-refractivity contribution in [1.82, 2.24) is 20.2 Å². The molecule has 0 spiro atoms. The van der Waals surface area contributed by atoms with Crippen molar-refractivity contribution < 1.29 is 9.13 Å². The second-order valence-corrected chi connectivity index (χ2v) is 6.35. The maximum absolute atomic E-state index is 13.0. The van der Waals surface area contributed by atoms with Gasteiger partial charge >= 0.3 is 0 Å². The molecule has 0 unspecified atom stereocenters. The summed E-state index contributed by atoms with van der Waals surface area (Å²) in [6.07, 6.45) is 2.36. The van der Waals surface area contributed by atoms with E-state index in [2.05, 4.69) is 25.1 Å². The summed E-state index contributed by atoms with van der Waals surface area (Å²) in [4.78, 5) is 12.1. The second kappa shape index (κ2) is 7.14. The smallest absolute Gasteiger partial charge is 0.225 e. The number of para-hydroxylation sites is 1. The molecule has 0 radical (unpaired) electrons. The number of likely N-dealkylation sites (N-methyl/N-ethyl adjacent to an activating group) is 1. The van der Waals surface area contributed by atoms with Crippen molar-refractivity contribution in [3.05, 3.63) is 54.6 Å². The molecular formula is C19H19FN6O. The van der Waals surface area contributed by atoms with Crippen molar-refractivity contribution in [2.75, 3.05) is 37.0 Å². The number of rotatable bonds is 5. The molecule has 1 aromatic carbocycles. The Morgan fingerprint density at radius 3 is 2.48 bits per heavy atom. The Kier molecular flexibility index (Phi) is 4.53. The molecule has 8 heteroatoms. The molecule has 0 bridgehead atoms. The molecule has 138 valence electrons. The third-order valence-corrected chi connectivity index (χ3v) is 4.69. The van der Waals surface area contributed by atoms with Gasteiger partial charge in [0.05, 0.1) is 31.2 Å². The van der Waals surface area contributed by atoms with E-state index < -0.39 is 5.82 Å². The normalized spacial score (nSPS) is 14.0. The van der Waals surface area contributed by atoms with Crippen LogP contribution in [0.2, 0.25) is 0 Å². The molecule has 27 heavy (non-hydrogen) atoms. The molecule has 1 aliphatic rings. The summed E-state index contributed by atoms with van der Waals surface area (Å²) in [6, 6.07) is 11.9. The third-order valence-electron chi connectivity index (χ3n) is 4.69. The van der Waals surface area contributed by atoms with Crippen LogP contribution in [0.25, 0.3) is 11.3 Å². The van der Waals surface area contributed by atoms with Crippen molar-refractivity contribution in [1.29, 1.82) is 0 Å². The van der Waals surface area contributed by atoms with Gasteiger partial charge in [0.15, 0.2) is 11.6 Å². The van der Waals surface area contributed by atoms with Crippen molar-refractivity contribution >= 4 is 11.8 Å². The molecule has 1 aliphatic heterocycles. The van der Waals surface area contributed by atoms with Gasteiger partial charge in [0, 0.05) is 25.7 Å². The number of nitrogens with zero attached hydrogens (tertiary/aromatic N) is 6. The summed E-state index contributed by atoms with van der Waals surface area (Å²) in [5, 5.41) is 8.70. The SMILES string of the molecule is COc1ccccc1-c1ccc(N2CC(N(C)c3ncc(F)cn3)C2)nn1. The van der Waals surface area contributed by atoms with Gasteiger partial charge in [-0.3, -0.25) is 0 Å². The molecule has 3 aromatic rings. The Balaban J connectivity index is 1.42. The first-order chi connectivity index (χ1) is 13.2. The van der Waals surface area contributed by atoms with Gasteiger partial charge in [-0.1, -0.05) is 12.1 Å². The number of hydrogen-bond acceptors (Lipinski definition) is 7. The number of methoxy groups -OCH3 is 1. The maximum Gasteiger partial charge on any atom is 0.225 e. The fraction of sp³-hybridized carbons (Fsp3) is 0.263. The predicted molar refractivity (Wildman–Crippen MR) is 100 cm³/mol. The largest absolute Gasteiger partial charge is 0.496 e. The average molecular weight is 366 g/mol. The monoisotopic (exact) mass is 366 g/mol. The Morgan fingerprint density at radius 2 is 1.81 bits per heavy atom. The van der Waals surface area contributed by atoms with Crippen LogP contribution < -0.4 is 14.5 Å².